The number of carbonyl (C=O) groups is 1. The third-order valence-electron chi connectivity index (χ3n) is 2.29. The minimum absolute atomic E-state index is 0.00749. The number of nitrogens with one attached hydrogen (secondary N) is 1. The number of amides is 1. The Morgan fingerprint density at radius 1 is 1.64 bits per heavy atom. The number of thiophene rings is 1. The topological polar surface area (TPSA) is 29.1 Å². The van der Waals surface area contributed by atoms with Crippen LogP contribution >= 0.6 is 38.9 Å². The summed E-state index contributed by atoms with van der Waals surface area (Å²) in [5.74, 6) is -0.0150. The van der Waals surface area contributed by atoms with Gasteiger partial charge in [-0.2, -0.15) is 0 Å². The molecule has 0 bridgehead atoms. The molecule has 1 aliphatic carbocycles. The van der Waals surface area contributed by atoms with Crippen LogP contribution < -0.4 is 5.32 Å². The van der Waals surface area contributed by atoms with Gasteiger partial charge >= 0.3 is 0 Å². The minimum atomic E-state index is -0.0150. The van der Waals surface area contributed by atoms with Crippen LogP contribution in [0.5, 0.6) is 0 Å². The lowest BCUT2D eigenvalue weighted by molar-refractivity contribution is 0.0940. The first-order chi connectivity index (χ1) is 6.65. The van der Waals surface area contributed by atoms with Crippen molar-refractivity contribution >= 4 is 44.8 Å². The maximum absolute atomic E-state index is 11.7. The first kappa shape index (κ1) is 10.5. The van der Waals surface area contributed by atoms with Crippen molar-refractivity contribution in [2.24, 2.45) is 0 Å². The summed E-state index contributed by atoms with van der Waals surface area (Å²) < 4.78 is 0.652. The van der Waals surface area contributed by atoms with Gasteiger partial charge in [0.05, 0.1) is 14.8 Å². The molecule has 1 aliphatic rings. The van der Waals surface area contributed by atoms with Gasteiger partial charge in [0.1, 0.15) is 0 Å². The third-order valence-corrected chi connectivity index (χ3v) is 4.59. The Kier molecular flexibility index (Phi) is 2.86. The van der Waals surface area contributed by atoms with Gasteiger partial charge in [0, 0.05) is 5.33 Å². The van der Waals surface area contributed by atoms with E-state index < -0.39 is 0 Å². The molecular weight excluding hydrogens is 286 g/mol. The minimum Gasteiger partial charge on any atom is -0.345 e. The van der Waals surface area contributed by atoms with E-state index in [1.807, 2.05) is 0 Å². The van der Waals surface area contributed by atoms with E-state index in [2.05, 4.69) is 21.2 Å². The molecule has 14 heavy (non-hydrogen) atoms. The SMILES string of the molecule is O=C(NC1(CBr)CC1)c1ccc(Cl)s1. The predicted octanol–water partition coefficient (Wildman–Crippen LogP) is 3.06. The summed E-state index contributed by atoms with van der Waals surface area (Å²) in [4.78, 5) is 12.4. The van der Waals surface area contributed by atoms with Gasteiger partial charge in [0.25, 0.3) is 5.91 Å². The highest BCUT2D eigenvalue weighted by atomic mass is 79.9. The van der Waals surface area contributed by atoms with Crippen LogP contribution in [0, 0.1) is 0 Å². The molecule has 1 aromatic heterocycles. The Bertz CT molecular complexity index is 361. The summed E-state index contributed by atoms with van der Waals surface area (Å²) in [7, 11) is 0. The zero-order chi connectivity index (χ0) is 10.2. The number of hydrogen-bond acceptors (Lipinski definition) is 2. The van der Waals surface area contributed by atoms with Crippen LogP contribution in [0.2, 0.25) is 4.34 Å². The highest BCUT2D eigenvalue weighted by Gasteiger charge is 2.43. The lowest BCUT2D eigenvalue weighted by Crippen LogP contribution is -2.37. The highest BCUT2D eigenvalue weighted by molar-refractivity contribution is 9.09. The first-order valence-corrected chi connectivity index (χ1v) is 6.61. The van der Waals surface area contributed by atoms with E-state index in [1.54, 1.807) is 12.1 Å². The van der Waals surface area contributed by atoms with Gasteiger partial charge < -0.3 is 5.32 Å². The molecule has 1 amide bonds. The van der Waals surface area contributed by atoms with Crippen LogP contribution in [0.1, 0.15) is 22.5 Å². The zero-order valence-corrected chi connectivity index (χ0v) is 10.5. The van der Waals surface area contributed by atoms with Crippen molar-refractivity contribution in [1.82, 2.24) is 5.32 Å². The van der Waals surface area contributed by atoms with Crippen LogP contribution in [0.15, 0.2) is 12.1 Å². The van der Waals surface area contributed by atoms with Crippen LogP contribution in [-0.4, -0.2) is 16.8 Å². The predicted molar refractivity (Wildman–Crippen MR) is 62.6 cm³/mol. The number of halogens is 2. The summed E-state index contributed by atoms with van der Waals surface area (Å²) in [6.07, 6.45) is 2.12. The monoisotopic (exact) mass is 293 g/mol. The Hall–Kier alpha value is -0.0600. The van der Waals surface area contributed by atoms with Crippen molar-refractivity contribution in [2.45, 2.75) is 18.4 Å². The first-order valence-electron chi connectivity index (χ1n) is 4.29. The second-order valence-corrected chi connectivity index (χ2v) is 5.75. The third kappa shape index (κ3) is 2.12. The molecule has 1 fully saturated rings. The molecule has 0 aliphatic heterocycles. The van der Waals surface area contributed by atoms with Crippen LogP contribution in [0.25, 0.3) is 0 Å². The van der Waals surface area contributed by atoms with Crippen molar-refractivity contribution in [3.05, 3.63) is 21.3 Å². The molecule has 0 unspecified atom stereocenters. The van der Waals surface area contributed by atoms with Crippen LogP contribution in [0.4, 0.5) is 0 Å². The van der Waals surface area contributed by atoms with Crippen LogP contribution in [-0.2, 0) is 0 Å². The molecule has 5 heteroatoms. The van der Waals surface area contributed by atoms with Crippen molar-refractivity contribution in [2.75, 3.05) is 5.33 Å². The number of rotatable bonds is 3. The Balaban J connectivity index is 2.03. The molecule has 0 atom stereocenters. The molecule has 1 saturated carbocycles. The Morgan fingerprint density at radius 3 is 2.79 bits per heavy atom. The molecule has 2 nitrogen and oxygen atoms in total. The van der Waals surface area contributed by atoms with Crippen molar-refractivity contribution < 1.29 is 4.79 Å². The summed E-state index contributed by atoms with van der Waals surface area (Å²) in [5.41, 5.74) is 0.00749. The molecule has 0 saturated heterocycles. The van der Waals surface area contributed by atoms with Crippen molar-refractivity contribution in [3.8, 4) is 0 Å². The van der Waals surface area contributed by atoms with E-state index in [0.717, 1.165) is 18.2 Å². The van der Waals surface area contributed by atoms with Gasteiger partial charge in [-0.15, -0.1) is 11.3 Å². The van der Waals surface area contributed by atoms with Gasteiger partial charge in [-0.3, -0.25) is 4.79 Å². The van der Waals surface area contributed by atoms with E-state index in [-0.39, 0.29) is 11.4 Å². The molecule has 1 aromatic rings. The molecule has 76 valence electrons. The second-order valence-electron chi connectivity index (χ2n) is 3.47. The van der Waals surface area contributed by atoms with Gasteiger partial charge in [-0.25, -0.2) is 0 Å². The molecular formula is C9H9BrClNOS. The van der Waals surface area contributed by atoms with E-state index >= 15 is 0 Å². The van der Waals surface area contributed by atoms with E-state index in [9.17, 15) is 4.79 Å². The van der Waals surface area contributed by atoms with Gasteiger partial charge in [0.15, 0.2) is 0 Å². The van der Waals surface area contributed by atoms with E-state index in [4.69, 9.17) is 11.6 Å². The summed E-state index contributed by atoms with van der Waals surface area (Å²) in [6.45, 7) is 0. The molecule has 0 aromatic carbocycles. The Morgan fingerprint density at radius 2 is 2.36 bits per heavy atom. The smallest absolute Gasteiger partial charge is 0.261 e. The largest absolute Gasteiger partial charge is 0.345 e. The van der Waals surface area contributed by atoms with Crippen molar-refractivity contribution in [1.29, 1.82) is 0 Å². The van der Waals surface area contributed by atoms with Crippen LogP contribution in [0.3, 0.4) is 0 Å². The fourth-order valence-corrected chi connectivity index (χ4v) is 2.82. The van der Waals surface area contributed by atoms with Gasteiger partial charge in [-0.1, -0.05) is 27.5 Å². The molecule has 0 spiro atoms. The maximum Gasteiger partial charge on any atom is 0.261 e. The maximum atomic E-state index is 11.7. The fourth-order valence-electron chi connectivity index (χ4n) is 1.18. The van der Waals surface area contributed by atoms with Gasteiger partial charge in [0.2, 0.25) is 0 Å². The molecule has 1 N–H and O–H groups in total. The average Bonchev–Trinajstić information content (AvgIpc) is 2.80. The lowest BCUT2D eigenvalue weighted by Gasteiger charge is -2.12. The second kappa shape index (κ2) is 3.83. The lowest BCUT2D eigenvalue weighted by atomic mass is 10.3. The standard InChI is InChI=1S/C9H9BrClNOS/c10-5-9(3-4-9)12-8(13)6-1-2-7(11)14-6/h1-2H,3-5H2,(H,12,13). The molecule has 2 rings (SSSR count). The fraction of sp³-hybridized carbons (Fsp3) is 0.444. The van der Waals surface area contributed by atoms with Gasteiger partial charge in [-0.05, 0) is 25.0 Å². The zero-order valence-electron chi connectivity index (χ0n) is 7.35. The normalized spacial score (nSPS) is 17.9. The quantitative estimate of drug-likeness (QED) is 0.853. The van der Waals surface area contributed by atoms with E-state index in [0.29, 0.717) is 9.21 Å². The van der Waals surface area contributed by atoms with Crippen molar-refractivity contribution in [3.63, 3.8) is 0 Å². The molecule has 0 radical (unpaired) electrons. The summed E-state index contributed by atoms with van der Waals surface area (Å²) in [5, 5.41) is 3.84. The number of carbonyl (C=O) groups excluding carboxylic acids is 1. The number of alkyl halides is 1. The number of hydrogen-bond donors (Lipinski definition) is 1. The summed E-state index contributed by atoms with van der Waals surface area (Å²) >= 11 is 10.5. The average molecular weight is 295 g/mol. The molecule has 1 heterocycles. The Labute approximate surface area is 99.8 Å². The summed E-state index contributed by atoms with van der Waals surface area (Å²) in [6, 6.07) is 3.50. The van der Waals surface area contributed by atoms with E-state index in [1.165, 1.54) is 11.3 Å². The highest BCUT2D eigenvalue weighted by Crippen LogP contribution is 2.37.